The molecule has 2 N–H and O–H groups in total. The van der Waals surface area contributed by atoms with Crippen molar-refractivity contribution < 1.29 is 40.3 Å². The highest BCUT2D eigenvalue weighted by Gasteiger charge is 2.50. The quantitative estimate of drug-likeness (QED) is 0.414. The monoisotopic (exact) mass is 546 g/mol. The molecule has 1 saturated heterocycles. The first kappa shape index (κ1) is 28.4. The van der Waals surface area contributed by atoms with Crippen LogP contribution in [-0.2, 0) is 21.9 Å². The minimum Gasteiger partial charge on any atom is -0.370 e. The van der Waals surface area contributed by atoms with Gasteiger partial charge in [-0.25, -0.2) is 4.39 Å². The molecule has 208 valence electrons. The van der Waals surface area contributed by atoms with Gasteiger partial charge < -0.3 is 15.4 Å². The Balaban J connectivity index is 1.65. The van der Waals surface area contributed by atoms with E-state index < -0.39 is 47.0 Å². The van der Waals surface area contributed by atoms with Crippen LogP contribution in [0.1, 0.15) is 67.4 Å². The van der Waals surface area contributed by atoms with Gasteiger partial charge in [0.25, 0.3) is 0 Å². The molecule has 2 fully saturated rings. The molecule has 6 atom stereocenters. The Hall–Kier alpha value is -2.66. The van der Waals surface area contributed by atoms with Crippen molar-refractivity contribution >= 4 is 5.91 Å². The Morgan fingerprint density at radius 3 is 2.08 bits per heavy atom. The lowest BCUT2D eigenvalue weighted by Crippen LogP contribution is -2.46. The maximum atomic E-state index is 13.7. The number of ether oxygens (including phenoxy) is 1. The molecule has 4 nitrogen and oxygen atoms in total. The van der Waals surface area contributed by atoms with Gasteiger partial charge in [-0.1, -0.05) is 12.1 Å². The number of hydrogen-bond acceptors (Lipinski definition) is 3. The lowest BCUT2D eigenvalue weighted by molar-refractivity contribution is -0.143. The molecule has 2 aliphatic rings. The average molecular weight is 547 g/mol. The molecule has 1 saturated carbocycles. The summed E-state index contributed by atoms with van der Waals surface area (Å²) in [6.45, 7) is 3.20. The number of benzene rings is 2. The Bertz CT molecular complexity index is 1130. The molecule has 2 aromatic carbocycles. The van der Waals surface area contributed by atoms with Crippen LogP contribution in [0.3, 0.4) is 0 Å². The number of alkyl halides is 6. The molecule has 1 aliphatic heterocycles. The Morgan fingerprint density at radius 1 is 1.00 bits per heavy atom. The minimum absolute atomic E-state index is 0.0880. The zero-order valence-electron chi connectivity index (χ0n) is 21.0. The van der Waals surface area contributed by atoms with Crippen molar-refractivity contribution in [3.05, 3.63) is 70.5 Å². The smallest absolute Gasteiger partial charge is 0.370 e. The summed E-state index contributed by atoms with van der Waals surface area (Å²) in [5.74, 6) is -1.11. The topological polar surface area (TPSA) is 50.4 Å². The van der Waals surface area contributed by atoms with E-state index in [4.69, 9.17) is 4.74 Å². The van der Waals surface area contributed by atoms with E-state index in [1.54, 1.807) is 26.1 Å². The first-order valence-corrected chi connectivity index (χ1v) is 12.3. The van der Waals surface area contributed by atoms with E-state index in [9.17, 15) is 35.5 Å². The van der Waals surface area contributed by atoms with Crippen LogP contribution < -0.4 is 10.6 Å². The van der Waals surface area contributed by atoms with Crippen LogP contribution in [-0.4, -0.2) is 30.6 Å². The molecule has 1 amide bonds. The number of halogens is 7. The van der Waals surface area contributed by atoms with E-state index in [-0.39, 0.29) is 35.4 Å². The van der Waals surface area contributed by atoms with Crippen LogP contribution in [0.4, 0.5) is 30.7 Å². The van der Waals surface area contributed by atoms with E-state index in [1.165, 1.54) is 19.1 Å². The SMILES string of the molecule is CN[C@]1(C)CC([C@@H]2CCC(O[C@H](C)c3cc(C(F)(F)F)cc(C(F)(F)F)c3)[C@H]2c2ccc(F)cc2)NC1=O. The fraction of sp³-hybridized carbons (Fsp3) is 0.519. The maximum absolute atomic E-state index is 13.7. The van der Waals surface area contributed by atoms with Gasteiger partial charge in [0.15, 0.2) is 0 Å². The molecule has 38 heavy (non-hydrogen) atoms. The van der Waals surface area contributed by atoms with Gasteiger partial charge in [-0.15, -0.1) is 0 Å². The summed E-state index contributed by atoms with van der Waals surface area (Å²) in [6.07, 6.45) is -10.1. The number of amides is 1. The Morgan fingerprint density at radius 2 is 1.58 bits per heavy atom. The molecule has 0 aromatic heterocycles. The van der Waals surface area contributed by atoms with E-state index in [0.717, 1.165) is 5.56 Å². The highest BCUT2D eigenvalue weighted by atomic mass is 19.4. The maximum Gasteiger partial charge on any atom is 0.416 e. The van der Waals surface area contributed by atoms with Gasteiger partial charge in [0.05, 0.1) is 28.9 Å². The van der Waals surface area contributed by atoms with Crippen molar-refractivity contribution in [2.24, 2.45) is 5.92 Å². The number of carbonyl (C=O) groups excluding carboxylic acids is 1. The fourth-order valence-electron chi connectivity index (χ4n) is 5.68. The fourth-order valence-corrected chi connectivity index (χ4v) is 5.68. The second-order valence-electron chi connectivity index (χ2n) is 10.3. The molecule has 4 rings (SSSR count). The van der Waals surface area contributed by atoms with Crippen LogP contribution >= 0.6 is 0 Å². The summed E-state index contributed by atoms with van der Waals surface area (Å²) in [4.78, 5) is 12.6. The summed E-state index contributed by atoms with van der Waals surface area (Å²) in [5, 5.41) is 6.05. The predicted octanol–water partition coefficient (Wildman–Crippen LogP) is 6.37. The second-order valence-corrected chi connectivity index (χ2v) is 10.3. The van der Waals surface area contributed by atoms with Gasteiger partial charge in [-0.3, -0.25) is 4.79 Å². The van der Waals surface area contributed by atoms with Crippen molar-refractivity contribution in [1.29, 1.82) is 0 Å². The lowest BCUT2D eigenvalue weighted by atomic mass is 9.80. The first-order valence-electron chi connectivity index (χ1n) is 12.3. The van der Waals surface area contributed by atoms with Crippen molar-refractivity contribution in [1.82, 2.24) is 10.6 Å². The average Bonchev–Trinajstić information content (AvgIpc) is 3.39. The number of carbonyl (C=O) groups is 1. The van der Waals surface area contributed by atoms with Gasteiger partial charge in [-0.2, -0.15) is 26.3 Å². The van der Waals surface area contributed by atoms with Crippen LogP contribution in [0.25, 0.3) is 0 Å². The second kappa shape index (κ2) is 10.1. The standard InChI is InChI=1S/C27H29F7N2O2/c1-14(16-10-17(26(29,30)31)12-18(11-16)27(32,33)34)38-22-9-8-20(21-13-25(2,35-3)24(37)36-21)23(22)15-4-6-19(28)7-5-15/h4-7,10-12,14,20-23,35H,8-9,13H2,1-3H3,(H,36,37)/t14-,20+,21?,22?,23+,25-/m1/s1. The normalized spacial score (nSPS) is 28.9. The van der Waals surface area contributed by atoms with E-state index in [0.29, 0.717) is 31.4 Å². The molecule has 0 spiro atoms. The van der Waals surface area contributed by atoms with Gasteiger partial charge in [0.2, 0.25) is 5.91 Å². The van der Waals surface area contributed by atoms with Gasteiger partial charge in [0, 0.05) is 12.0 Å². The van der Waals surface area contributed by atoms with Crippen molar-refractivity contribution in [2.75, 3.05) is 7.05 Å². The van der Waals surface area contributed by atoms with Crippen LogP contribution in [0, 0.1) is 11.7 Å². The Labute approximate surface area is 215 Å². The lowest BCUT2D eigenvalue weighted by Gasteiger charge is -2.31. The summed E-state index contributed by atoms with van der Waals surface area (Å²) >= 11 is 0. The number of nitrogens with one attached hydrogen (secondary N) is 2. The zero-order chi connectivity index (χ0) is 28.0. The molecular weight excluding hydrogens is 517 g/mol. The molecule has 2 unspecified atom stereocenters. The highest BCUT2D eigenvalue weighted by molar-refractivity contribution is 5.88. The van der Waals surface area contributed by atoms with Gasteiger partial charge in [-0.05, 0) is 87.5 Å². The van der Waals surface area contributed by atoms with Gasteiger partial charge in [0.1, 0.15) is 5.82 Å². The van der Waals surface area contributed by atoms with Crippen LogP contribution in [0.5, 0.6) is 0 Å². The zero-order valence-corrected chi connectivity index (χ0v) is 21.0. The van der Waals surface area contributed by atoms with Gasteiger partial charge >= 0.3 is 12.4 Å². The number of hydrogen-bond donors (Lipinski definition) is 2. The van der Waals surface area contributed by atoms with Crippen LogP contribution in [0.15, 0.2) is 42.5 Å². The molecular formula is C27H29F7N2O2. The Kier molecular flexibility index (Phi) is 7.57. The summed E-state index contributed by atoms with van der Waals surface area (Å²) < 4.78 is 100. The predicted molar refractivity (Wildman–Crippen MR) is 126 cm³/mol. The molecule has 0 bridgehead atoms. The van der Waals surface area contributed by atoms with Crippen molar-refractivity contribution in [2.45, 2.75) is 75.2 Å². The molecule has 11 heteroatoms. The van der Waals surface area contributed by atoms with E-state index >= 15 is 0 Å². The molecule has 1 heterocycles. The number of likely N-dealkylation sites (N-methyl/N-ethyl adjacent to an activating group) is 1. The molecule has 0 radical (unpaired) electrons. The third kappa shape index (κ3) is 5.68. The largest absolute Gasteiger partial charge is 0.416 e. The summed E-state index contributed by atoms with van der Waals surface area (Å²) in [6, 6.07) is 6.97. The third-order valence-electron chi connectivity index (χ3n) is 7.87. The van der Waals surface area contributed by atoms with E-state index in [1.807, 2.05) is 0 Å². The molecule has 2 aromatic rings. The summed E-state index contributed by atoms with van der Waals surface area (Å²) in [5.41, 5.74) is -3.12. The van der Waals surface area contributed by atoms with E-state index in [2.05, 4.69) is 10.6 Å². The molecule has 1 aliphatic carbocycles. The third-order valence-corrected chi connectivity index (χ3v) is 7.87. The highest BCUT2D eigenvalue weighted by Crippen LogP contribution is 2.48. The van der Waals surface area contributed by atoms with Crippen molar-refractivity contribution in [3.8, 4) is 0 Å². The summed E-state index contributed by atoms with van der Waals surface area (Å²) in [7, 11) is 1.69. The van der Waals surface area contributed by atoms with Crippen molar-refractivity contribution in [3.63, 3.8) is 0 Å². The van der Waals surface area contributed by atoms with Crippen LogP contribution in [0.2, 0.25) is 0 Å². The first-order chi connectivity index (χ1) is 17.6. The number of rotatable bonds is 6. The minimum atomic E-state index is -4.97.